The molecule has 0 saturated heterocycles. The second-order valence-corrected chi connectivity index (χ2v) is 8.67. The van der Waals surface area contributed by atoms with Crippen LogP contribution < -0.4 is 4.74 Å². The first-order valence-electron chi connectivity index (χ1n) is 11.6. The lowest BCUT2D eigenvalue weighted by molar-refractivity contribution is 0.0166. The predicted octanol–water partition coefficient (Wildman–Crippen LogP) is 5.62. The summed E-state index contributed by atoms with van der Waals surface area (Å²) in [7, 11) is 0. The Labute approximate surface area is 210 Å². The van der Waals surface area contributed by atoms with E-state index in [4.69, 9.17) is 30.6 Å². The molecule has 2 aromatic heterocycles. The predicted molar refractivity (Wildman–Crippen MR) is 135 cm³/mol. The molecule has 0 unspecified atom stereocenters. The molecule has 4 rings (SSSR count). The van der Waals surface area contributed by atoms with E-state index in [-0.39, 0.29) is 6.61 Å². The summed E-state index contributed by atoms with van der Waals surface area (Å²) in [6.45, 7) is 6.11. The maximum Gasteiger partial charge on any atom is 0.227 e. The summed E-state index contributed by atoms with van der Waals surface area (Å²) < 4.78 is 19.2. The van der Waals surface area contributed by atoms with E-state index < -0.39 is 6.10 Å². The number of para-hydroxylation sites is 1. The van der Waals surface area contributed by atoms with Gasteiger partial charge in [0.05, 0.1) is 42.5 Å². The van der Waals surface area contributed by atoms with Gasteiger partial charge in [-0.25, -0.2) is 4.68 Å². The van der Waals surface area contributed by atoms with Crippen molar-refractivity contribution < 1.29 is 19.0 Å². The molecule has 0 aliphatic heterocycles. The first kappa shape index (κ1) is 25.0. The lowest BCUT2D eigenvalue weighted by atomic mass is 10.2. The lowest BCUT2D eigenvalue weighted by Crippen LogP contribution is -2.34. The average Bonchev–Trinajstić information content (AvgIpc) is 3.48. The van der Waals surface area contributed by atoms with Gasteiger partial charge < -0.3 is 19.0 Å². The zero-order valence-electron chi connectivity index (χ0n) is 19.9. The molecule has 2 heterocycles. The first-order valence-corrected chi connectivity index (χ1v) is 12.0. The van der Waals surface area contributed by atoms with Crippen LogP contribution in [0.2, 0.25) is 5.02 Å². The molecule has 4 aromatic rings. The first-order chi connectivity index (χ1) is 17.0. The van der Waals surface area contributed by atoms with Crippen molar-refractivity contribution in [3.63, 3.8) is 0 Å². The number of aliphatic hydroxyl groups is 1. The fourth-order valence-electron chi connectivity index (χ4n) is 3.82. The Morgan fingerprint density at radius 1 is 1.06 bits per heavy atom. The molecule has 0 saturated carbocycles. The van der Waals surface area contributed by atoms with Crippen LogP contribution in [-0.2, 0) is 17.8 Å². The van der Waals surface area contributed by atoms with E-state index in [0.717, 1.165) is 22.7 Å². The maximum absolute atomic E-state index is 10.6. The van der Waals surface area contributed by atoms with Crippen LogP contribution in [0.4, 0.5) is 0 Å². The van der Waals surface area contributed by atoms with Crippen LogP contribution in [0.3, 0.4) is 0 Å². The summed E-state index contributed by atoms with van der Waals surface area (Å²) in [6.07, 6.45) is 1.01. The number of furan rings is 1. The number of ether oxygens (including phenoxy) is 2. The van der Waals surface area contributed by atoms with Crippen molar-refractivity contribution in [2.75, 3.05) is 19.8 Å². The van der Waals surface area contributed by atoms with Crippen molar-refractivity contribution in [3.05, 3.63) is 95.0 Å². The maximum atomic E-state index is 10.6. The zero-order chi connectivity index (χ0) is 24.6. The number of benzene rings is 2. The Kier molecular flexibility index (Phi) is 8.60. The van der Waals surface area contributed by atoms with Crippen LogP contribution in [0.15, 0.2) is 77.4 Å². The van der Waals surface area contributed by atoms with Crippen molar-refractivity contribution in [2.45, 2.75) is 33.0 Å². The normalized spacial score (nSPS) is 12.3. The number of hydrogen-bond acceptors (Lipinski definition) is 6. The van der Waals surface area contributed by atoms with Gasteiger partial charge in [0.2, 0.25) is 5.88 Å². The molecule has 184 valence electrons. The van der Waals surface area contributed by atoms with Gasteiger partial charge in [-0.2, -0.15) is 5.10 Å². The number of rotatable bonds is 12. The smallest absolute Gasteiger partial charge is 0.227 e. The van der Waals surface area contributed by atoms with Gasteiger partial charge >= 0.3 is 0 Å². The number of aryl methyl sites for hydroxylation is 1. The Hall–Kier alpha value is -3.10. The van der Waals surface area contributed by atoms with Gasteiger partial charge in [0.15, 0.2) is 0 Å². The van der Waals surface area contributed by atoms with Gasteiger partial charge in [-0.15, -0.1) is 0 Å². The van der Waals surface area contributed by atoms with Crippen molar-refractivity contribution in [2.24, 2.45) is 0 Å². The molecular formula is C27H30ClN3O4. The third-order valence-electron chi connectivity index (χ3n) is 5.49. The van der Waals surface area contributed by atoms with Crippen molar-refractivity contribution in [3.8, 4) is 17.3 Å². The third-order valence-corrected chi connectivity index (χ3v) is 5.74. The monoisotopic (exact) mass is 495 g/mol. The molecule has 1 N–H and O–H groups in total. The van der Waals surface area contributed by atoms with Crippen molar-refractivity contribution >= 4 is 11.6 Å². The highest BCUT2D eigenvalue weighted by Crippen LogP contribution is 2.32. The van der Waals surface area contributed by atoms with Crippen LogP contribution in [-0.4, -0.2) is 45.6 Å². The van der Waals surface area contributed by atoms with E-state index in [9.17, 15) is 5.11 Å². The SMILES string of the molecule is CCOC[C@H](O)CN(Cc1ccco1)Cc1c(C)nn(-c2ccccc2)c1Oc1ccc(Cl)cc1. The number of halogens is 1. The fraction of sp³-hybridized carbons (Fsp3) is 0.296. The second kappa shape index (κ2) is 12.0. The van der Waals surface area contributed by atoms with E-state index in [1.165, 1.54) is 0 Å². The van der Waals surface area contributed by atoms with Crippen LogP contribution in [0, 0.1) is 6.92 Å². The Bertz CT molecular complexity index is 1180. The molecule has 0 fully saturated rings. The van der Waals surface area contributed by atoms with Crippen LogP contribution in [0.25, 0.3) is 5.69 Å². The molecule has 1 atom stereocenters. The van der Waals surface area contributed by atoms with Crippen molar-refractivity contribution in [1.29, 1.82) is 0 Å². The summed E-state index contributed by atoms with van der Waals surface area (Å²) >= 11 is 6.08. The lowest BCUT2D eigenvalue weighted by Gasteiger charge is -2.24. The number of aromatic nitrogens is 2. The molecule has 0 spiro atoms. The van der Waals surface area contributed by atoms with Gasteiger partial charge in [0, 0.05) is 24.7 Å². The molecular weight excluding hydrogens is 466 g/mol. The van der Waals surface area contributed by atoms with Gasteiger partial charge in [0.25, 0.3) is 0 Å². The van der Waals surface area contributed by atoms with Gasteiger partial charge in [-0.3, -0.25) is 4.90 Å². The molecule has 7 nitrogen and oxygen atoms in total. The van der Waals surface area contributed by atoms with Gasteiger partial charge in [0.1, 0.15) is 11.5 Å². The Balaban J connectivity index is 1.68. The van der Waals surface area contributed by atoms with Crippen LogP contribution >= 0.6 is 11.6 Å². The van der Waals surface area contributed by atoms with E-state index in [1.807, 2.05) is 68.4 Å². The van der Waals surface area contributed by atoms with Crippen LogP contribution in [0.1, 0.15) is 23.9 Å². The quantitative estimate of drug-likeness (QED) is 0.275. The fourth-order valence-corrected chi connectivity index (χ4v) is 3.95. The molecule has 0 amide bonds. The minimum atomic E-state index is -0.643. The summed E-state index contributed by atoms with van der Waals surface area (Å²) in [5.74, 6) is 2.07. The minimum Gasteiger partial charge on any atom is -0.468 e. The number of nitrogens with zero attached hydrogens (tertiary/aromatic N) is 3. The van der Waals surface area contributed by atoms with Gasteiger partial charge in [-0.1, -0.05) is 29.8 Å². The molecule has 0 bridgehead atoms. The van der Waals surface area contributed by atoms with Crippen molar-refractivity contribution in [1.82, 2.24) is 14.7 Å². The molecule has 8 heteroatoms. The molecule has 0 radical (unpaired) electrons. The summed E-state index contributed by atoms with van der Waals surface area (Å²) in [5, 5.41) is 16.0. The standard InChI is InChI=1S/C27H30ClN3O4/c1-3-33-19-23(32)16-30(17-25-10-7-15-34-25)18-26-20(2)29-31(22-8-5-4-6-9-22)27(26)35-24-13-11-21(28)12-14-24/h4-15,23,32H,3,16-19H2,1-2H3/t23-/m1/s1. The van der Waals surface area contributed by atoms with Gasteiger partial charge in [-0.05, 0) is 62.4 Å². The Morgan fingerprint density at radius 2 is 1.83 bits per heavy atom. The molecule has 2 aromatic carbocycles. The molecule has 0 aliphatic rings. The summed E-state index contributed by atoms with van der Waals surface area (Å²) in [4.78, 5) is 2.11. The minimum absolute atomic E-state index is 0.265. The molecule has 35 heavy (non-hydrogen) atoms. The largest absolute Gasteiger partial charge is 0.468 e. The Morgan fingerprint density at radius 3 is 2.51 bits per heavy atom. The number of aliphatic hydroxyl groups excluding tert-OH is 1. The van der Waals surface area contributed by atoms with Crippen LogP contribution in [0.5, 0.6) is 11.6 Å². The van der Waals surface area contributed by atoms with E-state index >= 15 is 0 Å². The highest BCUT2D eigenvalue weighted by molar-refractivity contribution is 6.30. The summed E-state index contributed by atoms with van der Waals surface area (Å²) in [6, 6.07) is 20.9. The highest BCUT2D eigenvalue weighted by Gasteiger charge is 2.23. The van der Waals surface area contributed by atoms with E-state index in [2.05, 4.69) is 4.90 Å². The van der Waals surface area contributed by atoms with E-state index in [0.29, 0.717) is 42.9 Å². The topological polar surface area (TPSA) is 72.9 Å². The van der Waals surface area contributed by atoms with E-state index in [1.54, 1.807) is 23.1 Å². The third kappa shape index (κ3) is 6.74. The average molecular weight is 496 g/mol. The second-order valence-electron chi connectivity index (χ2n) is 8.23. The number of hydrogen-bond donors (Lipinski definition) is 1. The molecule has 0 aliphatic carbocycles. The zero-order valence-corrected chi connectivity index (χ0v) is 20.7. The summed E-state index contributed by atoms with van der Waals surface area (Å²) in [5.41, 5.74) is 2.64. The highest BCUT2D eigenvalue weighted by atomic mass is 35.5.